The first-order chi connectivity index (χ1) is 13.7. The van der Waals surface area contributed by atoms with Gasteiger partial charge in [0.15, 0.2) is 0 Å². The standard InChI is InChI=1S/C20H24N4O3S/c25-19(22-16-12-23-3-1-13(16)2-4-23)15-10-17-14(11-21-15)9-18(28-17)20(26)24-5-7-27-8-6-24/h9-11,13,16H,1-8,12H2,(H,22,25). The van der Waals surface area contributed by atoms with E-state index in [0.29, 0.717) is 42.8 Å². The number of thiophene rings is 1. The van der Waals surface area contributed by atoms with E-state index in [0.717, 1.165) is 42.6 Å². The van der Waals surface area contributed by atoms with Gasteiger partial charge in [0.1, 0.15) is 5.69 Å². The summed E-state index contributed by atoms with van der Waals surface area (Å²) in [6.45, 7) is 5.66. The Balaban J connectivity index is 1.32. The summed E-state index contributed by atoms with van der Waals surface area (Å²) in [4.78, 5) is 34.7. The Bertz CT molecular complexity index is 900. The largest absolute Gasteiger partial charge is 0.378 e. The Kier molecular flexibility index (Phi) is 4.78. The van der Waals surface area contributed by atoms with Crippen LogP contribution in [0, 0.1) is 5.92 Å². The molecule has 148 valence electrons. The number of carbonyl (C=O) groups excluding carboxylic acids is 2. The fourth-order valence-electron chi connectivity index (χ4n) is 4.46. The SMILES string of the molecule is O=C(NC1CN2CCC1CC2)c1cc2sc(C(=O)N3CCOCC3)cc2cn1. The molecule has 6 rings (SSSR count). The van der Waals surface area contributed by atoms with Crippen molar-refractivity contribution >= 4 is 33.2 Å². The maximum atomic E-state index is 12.7. The van der Waals surface area contributed by atoms with Crippen molar-refractivity contribution in [3.8, 4) is 0 Å². The first-order valence-corrected chi connectivity index (χ1v) is 10.8. The normalized spacial score (nSPS) is 27.1. The van der Waals surface area contributed by atoms with E-state index in [4.69, 9.17) is 4.74 Å². The average molecular weight is 401 g/mol. The monoisotopic (exact) mass is 400 g/mol. The van der Waals surface area contributed by atoms with E-state index in [1.165, 1.54) is 11.3 Å². The second-order valence-corrected chi connectivity index (χ2v) is 8.92. The van der Waals surface area contributed by atoms with E-state index in [2.05, 4.69) is 15.2 Å². The van der Waals surface area contributed by atoms with Gasteiger partial charge in [0, 0.05) is 42.0 Å². The number of amides is 2. The summed E-state index contributed by atoms with van der Waals surface area (Å²) in [6.07, 6.45) is 4.03. The predicted octanol–water partition coefficient (Wildman–Crippen LogP) is 1.59. The molecule has 2 aromatic rings. The summed E-state index contributed by atoms with van der Waals surface area (Å²) in [7, 11) is 0. The zero-order chi connectivity index (χ0) is 19.1. The lowest BCUT2D eigenvalue weighted by Gasteiger charge is -2.44. The van der Waals surface area contributed by atoms with Gasteiger partial charge in [0.25, 0.3) is 11.8 Å². The van der Waals surface area contributed by atoms with Gasteiger partial charge in [0.05, 0.1) is 18.1 Å². The summed E-state index contributed by atoms with van der Waals surface area (Å²) in [5.41, 5.74) is 0.427. The van der Waals surface area contributed by atoms with Crippen molar-refractivity contribution in [1.29, 1.82) is 0 Å². The lowest BCUT2D eigenvalue weighted by molar-refractivity contribution is 0.0306. The van der Waals surface area contributed by atoms with Crippen LogP contribution in [0.2, 0.25) is 0 Å². The summed E-state index contributed by atoms with van der Waals surface area (Å²) in [5, 5.41) is 4.09. The highest BCUT2D eigenvalue weighted by molar-refractivity contribution is 7.20. The number of morpholine rings is 1. The molecule has 0 aromatic carbocycles. The van der Waals surface area contributed by atoms with Gasteiger partial charge < -0.3 is 19.9 Å². The van der Waals surface area contributed by atoms with E-state index in [1.807, 2.05) is 17.0 Å². The number of nitrogens with zero attached hydrogens (tertiary/aromatic N) is 3. The molecular weight excluding hydrogens is 376 g/mol. The summed E-state index contributed by atoms with van der Waals surface area (Å²) < 4.78 is 6.24. The van der Waals surface area contributed by atoms with Gasteiger partial charge in [-0.2, -0.15) is 0 Å². The number of nitrogens with one attached hydrogen (secondary N) is 1. The molecule has 1 atom stereocenters. The number of fused-ring (bicyclic) bond motifs is 4. The van der Waals surface area contributed by atoms with Crippen LogP contribution in [-0.2, 0) is 4.74 Å². The van der Waals surface area contributed by atoms with E-state index >= 15 is 0 Å². The zero-order valence-electron chi connectivity index (χ0n) is 15.7. The lowest BCUT2D eigenvalue weighted by Crippen LogP contribution is -2.57. The molecule has 0 aliphatic carbocycles. The van der Waals surface area contributed by atoms with Crippen LogP contribution >= 0.6 is 11.3 Å². The first kappa shape index (κ1) is 18.0. The van der Waals surface area contributed by atoms with Gasteiger partial charge in [-0.25, -0.2) is 0 Å². The quantitative estimate of drug-likeness (QED) is 0.847. The van der Waals surface area contributed by atoms with Gasteiger partial charge in [-0.15, -0.1) is 11.3 Å². The van der Waals surface area contributed by atoms with Crippen molar-refractivity contribution in [3.63, 3.8) is 0 Å². The van der Waals surface area contributed by atoms with Crippen LogP contribution in [0.25, 0.3) is 10.1 Å². The van der Waals surface area contributed by atoms with Crippen molar-refractivity contribution in [1.82, 2.24) is 20.1 Å². The van der Waals surface area contributed by atoms with E-state index < -0.39 is 0 Å². The fourth-order valence-corrected chi connectivity index (χ4v) is 5.50. The summed E-state index contributed by atoms with van der Waals surface area (Å²) >= 11 is 1.43. The van der Waals surface area contributed by atoms with Crippen LogP contribution < -0.4 is 5.32 Å². The Hall–Kier alpha value is -2.03. The molecule has 4 saturated heterocycles. The van der Waals surface area contributed by atoms with Crippen molar-refractivity contribution in [2.75, 3.05) is 45.9 Å². The molecule has 2 amide bonds. The predicted molar refractivity (Wildman–Crippen MR) is 107 cm³/mol. The van der Waals surface area contributed by atoms with Crippen molar-refractivity contribution in [2.45, 2.75) is 18.9 Å². The molecule has 0 saturated carbocycles. The molecule has 28 heavy (non-hydrogen) atoms. The smallest absolute Gasteiger partial charge is 0.270 e. The molecule has 4 aliphatic rings. The highest BCUT2D eigenvalue weighted by Gasteiger charge is 2.35. The van der Waals surface area contributed by atoms with Gasteiger partial charge in [0.2, 0.25) is 0 Å². The van der Waals surface area contributed by atoms with Crippen LogP contribution in [0.3, 0.4) is 0 Å². The Labute approximate surface area is 167 Å². The first-order valence-electron chi connectivity index (χ1n) is 9.97. The van der Waals surface area contributed by atoms with Gasteiger partial charge in [-0.1, -0.05) is 0 Å². The molecule has 7 nitrogen and oxygen atoms in total. The number of pyridine rings is 1. The molecule has 2 bridgehead atoms. The third-order valence-corrected chi connectivity index (χ3v) is 7.20. The Morgan fingerprint density at radius 3 is 2.64 bits per heavy atom. The number of ether oxygens (including phenoxy) is 1. The number of rotatable bonds is 3. The second-order valence-electron chi connectivity index (χ2n) is 7.84. The highest BCUT2D eigenvalue weighted by Crippen LogP contribution is 2.29. The summed E-state index contributed by atoms with van der Waals surface area (Å²) in [6, 6.07) is 3.90. The summed E-state index contributed by atoms with van der Waals surface area (Å²) in [5.74, 6) is 0.495. The van der Waals surface area contributed by atoms with Crippen LogP contribution in [0.1, 0.15) is 33.0 Å². The molecule has 2 aromatic heterocycles. The molecule has 1 unspecified atom stereocenters. The minimum Gasteiger partial charge on any atom is -0.378 e. The molecule has 8 heteroatoms. The minimum absolute atomic E-state index is 0.0304. The van der Waals surface area contributed by atoms with Crippen molar-refractivity contribution in [2.24, 2.45) is 5.92 Å². The Morgan fingerprint density at radius 2 is 1.93 bits per heavy atom. The van der Waals surface area contributed by atoms with Gasteiger partial charge >= 0.3 is 0 Å². The molecular formula is C20H24N4O3S. The molecule has 0 radical (unpaired) electrons. The van der Waals surface area contributed by atoms with E-state index in [9.17, 15) is 9.59 Å². The number of piperidine rings is 3. The third-order valence-electron chi connectivity index (χ3n) is 6.12. The molecule has 1 N–H and O–H groups in total. The average Bonchev–Trinajstić information content (AvgIpc) is 3.18. The highest BCUT2D eigenvalue weighted by atomic mass is 32.1. The van der Waals surface area contributed by atoms with E-state index in [1.54, 1.807) is 6.20 Å². The molecule has 4 aliphatic heterocycles. The molecule has 4 fully saturated rings. The van der Waals surface area contributed by atoms with Crippen LogP contribution in [0.5, 0.6) is 0 Å². The van der Waals surface area contributed by atoms with Crippen molar-refractivity contribution < 1.29 is 14.3 Å². The fraction of sp³-hybridized carbons (Fsp3) is 0.550. The number of aromatic nitrogens is 1. The number of hydrogen-bond donors (Lipinski definition) is 1. The number of carbonyl (C=O) groups is 2. The zero-order valence-corrected chi connectivity index (χ0v) is 16.5. The van der Waals surface area contributed by atoms with Crippen molar-refractivity contribution in [3.05, 3.63) is 28.9 Å². The van der Waals surface area contributed by atoms with Crippen LogP contribution in [-0.4, -0.2) is 78.6 Å². The third kappa shape index (κ3) is 3.40. The van der Waals surface area contributed by atoms with Crippen LogP contribution in [0.4, 0.5) is 0 Å². The van der Waals surface area contributed by atoms with Gasteiger partial charge in [-0.3, -0.25) is 14.6 Å². The maximum Gasteiger partial charge on any atom is 0.270 e. The minimum atomic E-state index is -0.116. The molecule has 6 heterocycles. The van der Waals surface area contributed by atoms with Gasteiger partial charge in [-0.05, 0) is 44.0 Å². The lowest BCUT2D eigenvalue weighted by atomic mass is 9.84. The molecule has 0 spiro atoms. The number of hydrogen-bond acceptors (Lipinski definition) is 6. The van der Waals surface area contributed by atoms with E-state index in [-0.39, 0.29) is 17.9 Å². The Morgan fingerprint density at radius 1 is 1.14 bits per heavy atom. The van der Waals surface area contributed by atoms with Crippen LogP contribution in [0.15, 0.2) is 18.3 Å². The second kappa shape index (κ2) is 7.42. The maximum absolute atomic E-state index is 12.7. The topological polar surface area (TPSA) is 74.8 Å².